The van der Waals surface area contributed by atoms with Crippen LogP contribution in [0.2, 0.25) is 0 Å². The molecule has 0 aliphatic rings. The van der Waals surface area contributed by atoms with E-state index in [0.29, 0.717) is 17.1 Å². The van der Waals surface area contributed by atoms with E-state index < -0.39 is 21.5 Å². The summed E-state index contributed by atoms with van der Waals surface area (Å²) in [6, 6.07) is 16.1. The van der Waals surface area contributed by atoms with Crippen LogP contribution in [-0.4, -0.2) is 26.0 Å². The van der Waals surface area contributed by atoms with E-state index in [2.05, 4.69) is 10.0 Å². The number of methoxy groups -OCH3 is 1. The average molecular weight is 442 g/mol. The largest absolute Gasteiger partial charge is 0.495 e. The summed E-state index contributed by atoms with van der Waals surface area (Å²) >= 11 is 0. The summed E-state index contributed by atoms with van der Waals surface area (Å²) in [5.41, 5.74) is 1.13. The summed E-state index contributed by atoms with van der Waals surface area (Å²) in [6.45, 7) is 3.22. The van der Waals surface area contributed by atoms with Crippen LogP contribution in [0.4, 0.5) is 11.4 Å². The first-order valence-corrected chi connectivity index (χ1v) is 10.9. The van der Waals surface area contributed by atoms with E-state index in [1.54, 1.807) is 49.4 Å². The lowest BCUT2D eigenvalue weighted by atomic mass is 10.2. The molecule has 2 N–H and O–H groups in total. The molecule has 0 radical (unpaired) electrons. The quantitative estimate of drug-likeness (QED) is 0.586. The van der Waals surface area contributed by atoms with Gasteiger partial charge in [0.15, 0.2) is 0 Å². The monoisotopic (exact) mass is 441 g/mol. The molecule has 0 spiro atoms. The Morgan fingerprint density at radius 3 is 2.32 bits per heavy atom. The molecular formula is C22H23N3O5S. The molecule has 2 aromatic carbocycles. The summed E-state index contributed by atoms with van der Waals surface area (Å²) in [4.78, 5) is 25.5. The zero-order valence-corrected chi connectivity index (χ0v) is 18.2. The van der Waals surface area contributed by atoms with Crippen molar-refractivity contribution in [2.45, 2.75) is 25.3 Å². The van der Waals surface area contributed by atoms with Crippen molar-refractivity contribution in [3.63, 3.8) is 0 Å². The number of anilines is 2. The number of para-hydroxylation sites is 2. The Balaban J connectivity index is 1.84. The van der Waals surface area contributed by atoms with Crippen LogP contribution in [0.1, 0.15) is 11.3 Å². The second kappa shape index (κ2) is 9.05. The number of hydrogen-bond acceptors (Lipinski definition) is 5. The Morgan fingerprint density at radius 1 is 0.968 bits per heavy atom. The Labute approximate surface area is 180 Å². The molecule has 9 heteroatoms. The molecule has 0 atom stereocenters. The Morgan fingerprint density at radius 2 is 1.65 bits per heavy atom. The van der Waals surface area contributed by atoms with Crippen molar-refractivity contribution in [3.05, 3.63) is 82.3 Å². The van der Waals surface area contributed by atoms with Crippen LogP contribution in [0.15, 0.2) is 70.4 Å². The van der Waals surface area contributed by atoms with Crippen LogP contribution in [-0.2, 0) is 21.4 Å². The highest BCUT2D eigenvalue weighted by Gasteiger charge is 2.18. The number of amides is 1. The second-order valence-electron chi connectivity index (χ2n) is 6.95. The molecule has 1 aromatic heterocycles. The van der Waals surface area contributed by atoms with Crippen LogP contribution in [0, 0.1) is 13.8 Å². The minimum Gasteiger partial charge on any atom is -0.495 e. The minimum absolute atomic E-state index is 0.0403. The van der Waals surface area contributed by atoms with Gasteiger partial charge < -0.3 is 14.6 Å². The summed E-state index contributed by atoms with van der Waals surface area (Å²) in [7, 11) is -2.46. The number of pyridine rings is 1. The molecule has 0 saturated carbocycles. The topological polar surface area (TPSA) is 106 Å². The minimum atomic E-state index is -3.95. The van der Waals surface area contributed by atoms with E-state index in [1.807, 2.05) is 6.92 Å². The molecule has 3 rings (SSSR count). The number of benzene rings is 2. The summed E-state index contributed by atoms with van der Waals surface area (Å²) in [5, 5.41) is 2.70. The maximum atomic E-state index is 12.9. The Bertz CT molecular complexity index is 1270. The van der Waals surface area contributed by atoms with Gasteiger partial charge in [0, 0.05) is 5.69 Å². The van der Waals surface area contributed by atoms with Crippen molar-refractivity contribution in [1.29, 1.82) is 0 Å². The van der Waals surface area contributed by atoms with Gasteiger partial charge in [-0.25, -0.2) is 8.42 Å². The Kier molecular flexibility index (Phi) is 6.45. The number of rotatable bonds is 7. The average Bonchev–Trinajstić information content (AvgIpc) is 2.74. The number of carbonyl (C=O) groups excluding carboxylic acids is 1. The normalized spacial score (nSPS) is 11.1. The van der Waals surface area contributed by atoms with E-state index in [-0.39, 0.29) is 17.1 Å². The standard InChI is InChI=1S/C22H23N3O5S/c1-15-8-11-17(12-9-15)31(28,29)24-19-13-10-16(2)25(22(19)27)14-21(26)23-18-6-4-5-7-20(18)30-3/h4-13,24H,14H2,1-3H3,(H,23,26). The van der Waals surface area contributed by atoms with E-state index in [1.165, 1.54) is 29.9 Å². The van der Waals surface area contributed by atoms with Gasteiger partial charge in [-0.05, 0) is 50.2 Å². The molecule has 0 saturated heterocycles. The molecule has 162 valence electrons. The van der Waals surface area contributed by atoms with E-state index in [4.69, 9.17) is 4.74 Å². The molecule has 8 nitrogen and oxygen atoms in total. The van der Waals surface area contributed by atoms with E-state index in [0.717, 1.165) is 5.56 Å². The zero-order valence-electron chi connectivity index (χ0n) is 17.4. The van der Waals surface area contributed by atoms with Crippen molar-refractivity contribution >= 4 is 27.3 Å². The first-order chi connectivity index (χ1) is 14.7. The Hall–Kier alpha value is -3.59. The highest BCUT2D eigenvalue weighted by Crippen LogP contribution is 2.23. The van der Waals surface area contributed by atoms with Gasteiger partial charge in [-0.15, -0.1) is 0 Å². The zero-order chi connectivity index (χ0) is 22.6. The highest BCUT2D eigenvalue weighted by atomic mass is 32.2. The smallest absolute Gasteiger partial charge is 0.275 e. The lowest BCUT2D eigenvalue weighted by Crippen LogP contribution is -2.31. The maximum Gasteiger partial charge on any atom is 0.275 e. The predicted molar refractivity (Wildman–Crippen MR) is 119 cm³/mol. The van der Waals surface area contributed by atoms with Crippen LogP contribution < -0.4 is 20.3 Å². The highest BCUT2D eigenvalue weighted by molar-refractivity contribution is 7.92. The number of nitrogens with zero attached hydrogens (tertiary/aromatic N) is 1. The first-order valence-electron chi connectivity index (χ1n) is 9.44. The van der Waals surface area contributed by atoms with E-state index in [9.17, 15) is 18.0 Å². The number of nitrogens with one attached hydrogen (secondary N) is 2. The van der Waals surface area contributed by atoms with Crippen LogP contribution in [0.5, 0.6) is 5.75 Å². The van der Waals surface area contributed by atoms with Gasteiger partial charge in [0.05, 0.1) is 17.7 Å². The lowest BCUT2D eigenvalue weighted by Gasteiger charge is -2.14. The van der Waals surface area contributed by atoms with Crippen LogP contribution in [0.25, 0.3) is 0 Å². The number of hydrogen-bond donors (Lipinski definition) is 2. The second-order valence-corrected chi connectivity index (χ2v) is 8.63. The fourth-order valence-electron chi connectivity index (χ4n) is 2.95. The van der Waals surface area contributed by atoms with Crippen molar-refractivity contribution in [2.75, 3.05) is 17.1 Å². The molecule has 0 bridgehead atoms. The third-order valence-electron chi connectivity index (χ3n) is 4.65. The van der Waals surface area contributed by atoms with Crippen LogP contribution >= 0.6 is 0 Å². The number of aromatic nitrogens is 1. The predicted octanol–water partition coefficient (Wildman–Crippen LogP) is 2.91. The summed E-state index contributed by atoms with van der Waals surface area (Å²) in [6.07, 6.45) is 0. The first kappa shape index (κ1) is 22.1. The molecule has 0 fully saturated rings. The molecule has 1 amide bonds. The van der Waals surface area contributed by atoms with Crippen molar-refractivity contribution in [2.24, 2.45) is 0 Å². The van der Waals surface area contributed by atoms with Gasteiger partial charge in [0.1, 0.15) is 18.0 Å². The molecule has 0 aliphatic carbocycles. The SMILES string of the molecule is COc1ccccc1NC(=O)Cn1c(C)ccc(NS(=O)(=O)c2ccc(C)cc2)c1=O. The fourth-order valence-corrected chi connectivity index (χ4v) is 4.00. The van der Waals surface area contributed by atoms with Gasteiger partial charge in [-0.2, -0.15) is 0 Å². The number of ether oxygens (including phenoxy) is 1. The molecule has 31 heavy (non-hydrogen) atoms. The fraction of sp³-hybridized carbons (Fsp3) is 0.182. The number of carbonyl (C=O) groups is 1. The van der Waals surface area contributed by atoms with Gasteiger partial charge in [0.25, 0.3) is 15.6 Å². The maximum absolute atomic E-state index is 12.9. The molecule has 1 heterocycles. The summed E-state index contributed by atoms with van der Waals surface area (Å²) in [5.74, 6) is 0.0350. The van der Waals surface area contributed by atoms with Crippen LogP contribution in [0.3, 0.4) is 0 Å². The van der Waals surface area contributed by atoms with E-state index >= 15 is 0 Å². The third-order valence-corrected chi connectivity index (χ3v) is 6.03. The summed E-state index contributed by atoms with van der Waals surface area (Å²) < 4.78 is 34.0. The molecule has 3 aromatic rings. The number of aryl methyl sites for hydroxylation is 2. The molecular weight excluding hydrogens is 418 g/mol. The number of sulfonamides is 1. The van der Waals surface area contributed by atoms with Gasteiger partial charge >= 0.3 is 0 Å². The van der Waals surface area contributed by atoms with Gasteiger partial charge in [-0.3, -0.25) is 14.3 Å². The third kappa shape index (κ3) is 5.13. The van der Waals surface area contributed by atoms with Crippen molar-refractivity contribution in [1.82, 2.24) is 4.57 Å². The van der Waals surface area contributed by atoms with Gasteiger partial charge in [-0.1, -0.05) is 29.8 Å². The lowest BCUT2D eigenvalue weighted by molar-refractivity contribution is -0.116. The molecule has 0 aliphatic heterocycles. The van der Waals surface area contributed by atoms with Crippen molar-refractivity contribution in [3.8, 4) is 5.75 Å². The molecule has 0 unspecified atom stereocenters. The van der Waals surface area contributed by atoms with Crippen molar-refractivity contribution < 1.29 is 17.9 Å². The van der Waals surface area contributed by atoms with Gasteiger partial charge in [0.2, 0.25) is 5.91 Å².